The van der Waals surface area contributed by atoms with Crippen molar-refractivity contribution in [2.45, 2.75) is 5.86 Å². The standard InChI is InChI=1S/C3H5I3O/c4-2(1-7)3(5)6/h2-3,7H,1H2. The van der Waals surface area contributed by atoms with Gasteiger partial charge in [0.1, 0.15) is 0 Å². The van der Waals surface area contributed by atoms with Gasteiger partial charge in [0.2, 0.25) is 0 Å². The predicted molar refractivity (Wildman–Crippen MR) is 56.7 cm³/mol. The molecule has 0 saturated carbocycles. The first-order chi connectivity index (χ1) is 3.18. The van der Waals surface area contributed by atoms with Gasteiger partial charge in [-0.1, -0.05) is 67.8 Å². The van der Waals surface area contributed by atoms with Crippen molar-refractivity contribution < 1.29 is 5.11 Å². The molecular weight excluding hydrogens is 433 g/mol. The van der Waals surface area contributed by atoms with Gasteiger partial charge in [-0.2, -0.15) is 0 Å². The summed E-state index contributed by atoms with van der Waals surface area (Å²) in [6.07, 6.45) is 0. The zero-order chi connectivity index (χ0) is 5.86. The third-order valence-corrected chi connectivity index (χ3v) is 6.05. The van der Waals surface area contributed by atoms with Gasteiger partial charge in [0, 0.05) is 0 Å². The molecule has 0 aromatic heterocycles. The lowest BCUT2D eigenvalue weighted by Crippen LogP contribution is -2.10. The molecule has 0 amide bonds. The van der Waals surface area contributed by atoms with Gasteiger partial charge in [-0.15, -0.1) is 0 Å². The molecule has 0 heterocycles. The van der Waals surface area contributed by atoms with E-state index in [-0.39, 0.29) is 6.61 Å². The lowest BCUT2D eigenvalue weighted by atomic mass is 10.5. The lowest BCUT2D eigenvalue weighted by Gasteiger charge is -2.04. The van der Waals surface area contributed by atoms with Gasteiger partial charge in [0.15, 0.2) is 0 Å². The van der Waals surface area contributed by atoms with E-state index in [1.807, 2.05) is 0 Å². The van der Waals surface area contributed by atoms with E-state index in [2.05, 4.69) is 67.8 Å². The quantitative estimate of drug-likeness (QED) is 0.517. The van der Waals surface area contributed by atoms with Gasteiger partial charge in [0.25, 0.3) is 0 Å². The third kappa shape index (κ3) is 4.64. The van der Waals surface area contributed by atoms with Gasteiger partial charge in [-0.3, -0.25) is 0 Å². The molecule has 0 aliphatic carbocycles. The predicted octanol–water partition coefficient (Wildman–Crippen LogP) is 1.98. The first kappa shape index (κ1) is 9.15. The first-order valence-electron chi connectivity index (χ1n) is 1.71. The van der Waals surface area contributed by atoms with Crippen LogP contribution in [0.3, 0.4) is 0 Å². The Kier molecular flexibility index (Phi) is 6.51. The molecule has 7 heavy (non-hydrogen) atoms. The fourth-order valence-electron chi connectivity index (χ4n) is 0.0797. The van der Waals surface area contributed by atoms with Crippen LogP contribution >= 0.6 is 67.8 Å². The van der Waals surface area contributed by atoms with Gasteiger partial charge >= 0.3 is 0 Å². The van der Waals surface area contributed by atoms with Crippen LogP contribution in [0.5, 0.6) is 0 Å². The van der Waals surface area contributed by atoms with E-state index in [0.717, 1.165) is 0 Å². The van der Waals surface area contributed by atoms with Crippen LogP contribution < -0.4 is 0 Å². The Hall–Kier alpha value is 2.15. The molecular formula is C3H5I3O. The van der Waals surface area contributed by atoms with Crippen LogP contribution in [0.25, 0.3) is 0 Å². The van der Waals surface area contributed by atoms with E-state index in [1.165, 1.54) is 0 Å². The van der Waals surface area contributed by atoms with Crippen LogP contribution in [0, 0.1) is 0 Å². The maximum Gasteiger partial charge on any atom is 0.0766 e. The highest BCUT2D eigenvalue weighted by molar-refractivity contribution is 14.2. The summed E-state index contributed by atoms with van der Waals surface area (Å²) in [6.45, 7) is 0.289. The Morgan fingerprint density at radius 2 is 1.71 bits per heavy atom. The second kappa shape index (κ2) is 4.98. The van der Waals surface area contributed by atoms with Crippen LogP contribution in [0.15, 0.2) is 0 Å². The molecule has 0 bridgehead atoms. The summed E-state index contributed by atoms with van der Waals surface area (Å²) < 4.78 is 0.944. The molecule has 0 aromatic carbocycles. The highest BCUT2D eigenvalue weighted by atomic mass is 127. The maximum absolute atomic E-state index is 8.49. The first-order valence-corrected chi connectivity index (χ1v) is 5.45. The number of hydrogen-bond acceptors (Lipinski definition) is 1. The fraction of sp³-hybridized carbons (Fsp3) is 1.00. The van der Waals surface area contributed by atoms with Crippen molar-refractivity contribution >= 4 is 67.8 Å². The van der Waals surface area contributed by atoms with E-state index < -0.39 is 0 Å². The fourth-order valence-corrected chi connectivity index (χ4v) is 0.535. The Morgan fingerprint density at radius 1 is 1.29 bits per heavy atom. The van der Waals surface area contributed by atoms with Crippen molar-refractivity contribution in [2.75, 3.05) is 6.61 Å². The second-order valence-corrected chi connectivity index (χ2v) is 7.70. The average Bonchev–Trinajstić information content (AvgIpc) is 1.65. The van der Waals surface area contributed by atoms with E-state index in [9.17, 15) is 0 Å². The zero-order valence-corrected chi connectivity index (χ0v) is 9.92. The molecule has 0 aliphatic rings. The summed E-state index contributed by atoms with van der Waals surface area (Å²) in [5.41, 5.74) is 0. The molecule has 0 aliphatic heterocycles. The number of aliphatic hydroxyl groups is 1. The molecule has 0 saturated heterocycles. The molecule has 1 unspecified atom stereocenters. The highest BCUT2D eigenvalue weighted by Gasteiger charge is 2.08. The minimum absolute atomic E-state index is 0.289. The summed E-state index contributed by atoms with van der Waals surface area (Å²) in [4.78, 5) is 0. The lowest BCUT2D eigenvalue weighted by molar-refractivity contribution is 0.305. The van der Waals surface area contributed by atoms with E-state index in [1.54, 1.807) is 0 Å². The molecule has 44 valence electrons. The number of alkyl halides is 3. The number of hydrogen-bond donors (Lipinski definition) is 1. The Labute approximate surface area is 84.0 Å². The topological polar surface area (TPSA) is 20.2 Å². The maximum atomic E-state index is 8.49. The molecule has 0 spiro atoms. The van der Waals surface area contributed by atoms with Gasteiger partial charge in [-0.05, 0) is 0 Å². The monoisotopic (exact) mass is 438 g/mol. The molecule has 4 heteroatoms. The second-order valence-electron chi connectivity index (χ2n) is 1.03. The van der Waals surface area contributed by atoms with Crippen molar-refractivity contribution in [3.8, 4) is 0 Å². The van der Waals surface area contributed by atoms with E-state index in [0.29, 0.717) is 5.86 Å². The Balaban J connectivity index is 3.14. The minimum Gasteiger partial charge on any atom is -0.395 e. The van der Waals surface area contributed by atoms with Crippen molar-refractivity contribution in [1.82, 2.24) is 0 Å². The van der Waals surface area contributed by atoms with Gasteiger partial charge in [-0.25, -0.2) is 0 Å². The van der Waals surface area contributed by atoms with E-state index >= 15 is 0 Å². The summed E-state index contributed by atoms with van der Waals surface area (Å²) >= 11 is 6.81. The molecule has 0 fully saturated rings. The summed E-state index contributed by atoms with van der Waals surface area (Å²) in [5.74, 6) is 0. The Bertz CT molecular complexity index is 47.4. The summed E-state index contributed by atoms with van der Waals surface area (Å²) in [6, 6.07) is 0. The van der Waals surface area contributed by atoms with Crippen LogP contribution in [0.2, 0.25) is 0 Å². The minimum atomic E-state index is 0.289. The normalized spacial score (nSPS) is 15.0. The molecule has 1 N–H and O–H groups in total. The largest absolute Gasteiger partial charge is 0.395 e. The van der Waals surface area contributed by atoms with Crippen molar-refractivity contribution in [1.29, 1.82) is 0 Å². The van der Waals surface area contributed by atoms with Gasteiger partial charge < -0.3 is 5.11 Å². The van der Waals surface area contributed by atoms with Gasteiger partial charge in [0.05, 0.1) is 12.5 Å². The third-order valence-electron chi connectivity index (χ3n) is 0.448. The molecule has 0 rings (SSSR count). The number of rotatable bonds is 2. The van der Waals surface area contributed by atoms with Crippen LogP contribution in [-0.2, 0) is 0 Å². The summed E-state index contributed by atoms with van der Waals surface area (Å²) in [5, 5.41) is 8.49. The van der Waals surface area contributed by atoms with Crippen molar-refractivity contribution in [3.63, 3.8) is 0 Å². The van der Waals surface area contributed by atoms with Crippen LogP contribution in [0.1, 0.15) is 0 Å². The number of halogens is 3. The van der Waals surface area contributed by atoms with Crippen LogP contribution in [-0.4, -0.2) is 17.6 Å². The SMILES string of the molecule is OCC(I)C(I)I. The molecule has 1 nitrogen and oxygen atoms in total. The van der Waals surface area contributed by atoms with Crippen LogP contribution in [0.4, 0.5) is 0 Å². The zero-order valence-electron chi connectivity index (χ0n) is 3.44. The van der Waals surface area contributed by atoms with Crippen molar-refractivity contribution in [2.24, 2.45) is 0 Å². The van der Waals surface area contributed by atoms with E-state index in [4.69, 9.17) is 5.11 Å². The summed E-state index contributed by atoms with van der Waals surface area (Å²) in [7, 11) is 0. The molecule has 1 atom stereocenters. The Morgan fingerprint density at radius 3 is 1.71 bits per heavy atom. The molecule has 0 radical (unpaired) electrons. The smallest absolute Gasteiger partial charge is 0.0766 e. The average molecular weight is 438 g/mol. The highest BCUT2D eigenvalue weighted by Crippen LogP contribution is 2.20. The van der Waals surface area contributed by atoms with Crippen molar-refractivity contribution in [3.05, 3.63) is 0 Å². The number of aliphatic hydroxyl groups excluding tert-OH is 1. The molecule has 0 aromatic rings.